The minimum absolute atomic E-state index is 0.0681. The smallest absolute Gasteiger partial charge is 0.310 e. The van der Waals surface area contributed by atoms with Crippen molar-refractivity contribution in [3.63, 3.8) is 0 Å². The quantitative estimate of drug-likeness (QED) is 0.632. The molecule has 2 rings (SSSR count). The largest absolute Gasteiger partial charge is 0.373 e. The number of likely N-dealkylation sites (N-methyl/N-ethyl adjacent to an activating group) is 1. The number of nitrogens with zero attached hydrogens (tertiary/aromatic N) is 4. The summed E-state index contributed by atoms with van der Waals surface area (Å²) in [6, 6.07) is 1.74. The first-order valence-corrected chi connectivity index (χ1v) is 5.87. The molecule has 0 saturated carbocycles. The first kappa shape index (κ1) is 12.6. The van der Waals surface area contributed by atoms with Gasteiger partial charge < -0.3 is 15.1 Å². The highest BCUT2D eigenvalue weighted by molar-refractivity contribution is 5.66. The van der Waals surface area contributed by atoms with Gasteiger partial charge in [0.15, 0.2) is 0 Å². The van der Waals surface area contributed by atoms with Crippen LogP contribution in [0.4, 0.5) is 17.2 Å². The molecule has 1 fully saturated rings. The van der Waals surface area contributed by atoms with Gasteiger partial charge in [-0.2, -0.15) is 0 Å². The van der Waals surface area contributed by atoms with Crippen LogP contribution < -0.4 is 10.2 Å². The molecule has 0 spiro atoms. The van der Waals surface area contributed by atoms with Crippen LogP contribution in [0, 0.1) is 10.1 Å². The zero-order valence-electron chi connectivity index (χ0n) is 10.6. The Hall–Kier alpha value is -1.89. The summed E-state index contributed by atoms with van der Waals surface area (Å²) in [5.74, 6) is 0.648. The van der Waals surface area contributed by atoms with E-state index in [-0.39, 0.29) is 10.6 Å². The number of rotatable bonds is 3. The maximum Gasteiger partial charge on any atom is 0.310 e. The highest BCUT2D eigenvalue weighted by Crippen LogP contribution is 2.30. The number of nitrogens with one attached hydrogen (secondary N) is 1. The summed E-state index contributed by atoms with van der Waals surface area (Å²) < 4.78 is 0. The number of nitro groups is 1. The molecule has 0 radical (unpaired) electrons. The molecule has 1 N–H and O–H groups in total. The van der Waals surface area contributed by atoms with Gasteiger partial charge in [-0.25, -0.2) is 4.98 Å². The van der Waals surface area contributed by atoms with Gasteiger partial charge in [-0.15, -0.1) is 0 Å². The van der Waals surface area contributed by atoms with Gasteiger partial charge in [0.25, 0.3) is 0 Å². The monoisotopic (exact) mass is 251 g/mol. The average molecular weight is 251 g/mol. The summed E-state index contributed by atoms with van der Waals surface area (Å²) in [4.78, 5) is 18.9. The Morgan fingerprint density at radius 2 is 2.06 bits per heavy atom. The van der Waals surface area contributed by atoms with Crippen molar-refractivity contribution in [2.45, 2.75) is 0 Å². The maximum absolute atomic E-state index is 11.0. The second kappa shape index (κ2) is 5.18. The Bertz CT molecular complexity index is 443. The Labute approximate surface area is 106 Å². The fourth-order valence-corrected chi connectivity index (χ4v) is 2.02. The number of hydrogen-bond donors (Lipinski definition) is 1. The van der Waals surface area contributed by atoms with E-state index in [4.69, 9.17) is 0 Å². The fraction of sp³-hybridized carbons (Fsp3) is 0.545. The Balaban J connectivity index is 2.31. The molecule has 0 bridgehead atoms. The molecule has 98 valence electrons. The zero-order valence-corrected chi connectivity index (χ0v) is 10.6. The van der Waals surface area contributed by atoms with Crippen molar-refractivity contribution in [2.24, 2.45) is 0 Å². The van der Waals surface area contributed by atoms with Gasteiger partial charge in [-0.05, 0) is 7.05 Å². The lowest BCUT2D eigenvalue weighted by Gasteiger charge is -2.33. The molecule has 0 amide bonds. The lowest BCUT2D eigenvalue weighted by atomic mass is 10.2. The topological polar surface area (TPSA) is 74.5 Å². The molecule has 1 aliphatic rings. The van der Waals surface area contributed by atoms with E-state index in [0.29, 0.717) is 11.5 Å². The van der Waals surface area contributed by atoms with E-state index in [1.54, 1.807) is 13.1 Å². The number of anilines is 2. The molecule has 7 heteroatoms. The molecule has 1 aliphatic heterocycles. The first-order valence-electron chi connectivity index (χ1n) is 5.87. The third-order valence-corrected chi connectivity index (χ3v) is 3.16. The molecule has 0 atom stereocenters. The van der Waals surface area contributed by atoms with Gasteiger partial charge in [-0.1, -0.05) is 0 Å². The van der Waals surface area contributed by atoms with Crippen molar-refractivity contribution in [3.05, 3.63) is 22.4 Å². The molecule has 1 saturated heterocycles. The van der Waals surface area contributed by atoms with Crippen LogP contribution >= 0.6 is 0 Å². The van der Waals surface area contributed by atoms with Crippen LogP contribution in [-0.4, -0.2) is 55.1 Å². The van der Waals surface area contributed by atoms with E-state index < -0.39 is 0 Å². The SMILES string of the molecule is CNc1cc(N2CCN(C)CC2)c([N+](=O)[O-])cn1. The van der Waals surface area contributed by atoms with Crippen molar-refractivity contribution >= 4 is 17.2 Å². The summed E-state index contributed by atoms with van der Waals surface area (Å²) in [6.45, 7) is 3.41. The third kappa shape index (κ3) is 2.51. The van der Waals surface area contributed by atoms with E-state index in [1.807, 2.05) is 4.90 Å². The molecule has 0 aliphatic carbocycles. The van der Waals surface area contributed by atoms with Crippen LogP contribution in [0.25, 0.3) is 0 Å². The van der Waals surface area contributed by atoms with E-state index in [0.717, 1.165) is 26.2 Å². The average Bonchev–Trinajstić information content (AvgIpc) is 2.38. The van der Waals surface area contributed by atoms with E-state index in [1.165, 1.54) is 6.20 Å². The molecule has 1 aromatic rings. The van der Waals surface area contributed by atoms with Gasteiger partial charge in [0.2, 0.25) is 0 Å². The minimum Gasteiger partial charge on any atom is -0.373 e. The van der Waals surface area contributed by atoms with Gasteiger partial charge >= 0.3 is 5.69 Å². The molecule has 0 unspecified atom stereocenters. The van der Waals surface area contributed by atoms with Crippen LogP contribution in [0.5, 0.6) is 0 Å². The lowest BCUT2D eigenvalue weighted by Crippen LogP contribution is -2.44. The van der Waals surface area contributed by atoms with Crippen LogP contribution in [0.15, 0.2) is 12.3 Å². The fourth-order valence-electron chi connectivity index (χ4n) is 2.02. The minimum atomic E-state index is -0.375. The molecule has 2 heterocycles. The van der Waals surface area contributed by atoms with Gasteiger partial charge in [0.05, 0.1) is 4.92 Å². The molecule has 1 aromatic heterocycles. The van der Waals surface area contributed by atoms with Crippen molar-refractivity contribution in [1.82, 2.24) is 9.88 Å². The van der Waals surface area contributed by atoms with Crippen LogP contribution in [0.2, 0.25) is 0 Å². The standard InChI is InChI=1S/C11H17N5O2/c1-12-11-7-9(10(8-13-11)16(17)18)15-5-3-14(2)4-6-15/h7-8H,3-6H2,1-2H3,(H,12,13). The normalized spacial score (nSPS) is 16.7. The lowest BCUT2D eigenvalue weighted by molar-refractivity contribution is -0.384. The highest BCUT2D eigenvalue weighted by atomic mass is 16.6. The highest BCUT2D eigenvalue weighted by Gasteiger charge is 2.23. The van der Waals surface area contributed by atoms with Crippen molar-refractivity contribution < 1.29 is 4.92 Å². The van der Waals surface area contributed by atoms with Gasteiger partial charge in [-0.3, -0.25) is 10.1 Å². The second-order valence-corrected chi connectivity index (χ2v) is 4.36. The maximum atomic E-state index is 11.0. The van der Waals surface area contributed by atoms with Crippen LogP contribution in [0.3, 0.4) is 0 Å². The Kier molecular flexibility index (Phi) is 3.61. The van der Waals surface area contributed by atoms with Crippen LogP contribution in [0.1, 0.15) is 0 Å². The second-order valence-electron chi connectivity index (χ2n) is 4.36. The molecule has 0 aromatic carbocycles. The van der Waals surface area contributed by atoms with E-state index in [2.05, 4.69) is 22.2 Å². The Morgan fingerprint density at radius 1 is 1.39 bits per heavy atom. The zero-order chi connectivity index (χ0) is 13.1. The number of aromatic nitrogens is 1. The summed E-state index contributed by atoms with van der Waals surface area (Å²) in [7, 11) is 3.80. The van der Waals surface area contributed by atoms with Crippen molar-refractivity contribution in [1.29, 1.82) is 0 Å². The molecule has 7 nitrogen and oxygen atoms in total. The van der Waals surface area contributed by atoms with Crippen molar-refractivity contribution in [3.8, 4) is 0 Å². The van der Waals surface area contributed by atoms with E-state index >= 15 is 0 Å². The molecular formula is C11H17N5O2. The van der Waals surface area contributed by atoms with Crippen LogP contribution in [-0.2, 0) is 0 Å². The van der Waals surface area contributed by atoms with E-state index in [9.17, 15) is 10.1 Å². The Morgan fingerprint density at radius 3 is 2.61 bits per heavy atom. The number of pyridine rings is 1. The summed E-state index contributed by atoms with van der Waals surface area (Å²) in [5, 5.41) is 13.9. The predicted octanol–water partition coefficient (Wildman–Crippen LogP) is 0.783. The van der Waals surface area contributed by atoms with Crippen molar-refractivity contribution in [2.75, 3.05) is 50.5 Å². The van der Waals surface area contributed by atoms with Gasteiger partial charge in [0, 0.05) is 39.3 Å². The summed E-state index contributed by atoms with van der Waals surface area (Å²) in [6.07, 6.45) is 1.32. The van der Waals surface area contributed by atoms with Gasteiger partial charge in [0.1, 0.15) is 17.7 Å². The number of hydrogen-bond acceptors (Lipinski definition) is 6. The summed E-state index contributed by atoms with van der Waals surface area (Å²) >= 11 is 0. The summed E-state index contributed by atoms with van der Waals surface area (Å²) in [5.41, 5.74) is 0.714. The third-order valence-electron chi connectivity index (χ3n) is 3.16. The number of piperazine rings is 1. The predicted molar refractivity (Wildman–Crippen MR) is 70.1 cm³/mol. The molecule has 18 heavy (non-hydrogen) atoms. The molecular weight excluding hydrogens is 234 g/mol. The first-order chi connectivity index (χ1) is 8.61.